The molecule has 1 heterocycles. The van der Waals surface area contributed by atoms with Crippen LogP contribution < -0.4 is 5.73 Å². The Labute approximate surface area is 129 Å². The Bertz CT molecular complexity index is 478. The smallest absolute Gasteiger partial charge is 0.227 e. The fourth-order valence-electron chi connectivity index (χ4n) is 2.76. The monoisotopic (exact) mass is 318 g/mol. The van der Waals surface area contributed by atoms with Crippen molar-refractivity contribution in [2.75, 3.05) is 13.1 Å². The van der Waals surface area contributed by atoms with Crippen LogP contribution in [0.25, 0.3) is 0 Å². The van der Waals surface area contributed by atoms with Crippen molar-refractivity contribution in [1.82, 2.24) is 4.90 Å². The Kier molecular flexibility index (Phi) is 6.55. The average Bonchev–Trinajstić information content (AvgIpc) is 2.42. The van der Waals surface area contributed by atoms with Gasteiger partial charge in [-0.1, -0.05) is 13.0 Å². The van der Waals surface area contributed by atoms with Crippen LogP contribution in [0.1, 0.15) is 25.3 Å². The molecule has 1 fully saturated rings. The van der Waals surface area contributed by atoms with E-state index in [-0.39, 0.29) is 36.3 Å². The number of piperidine rings is 1. The van der Waals surface area contributed by atoms with E-state index in [9.17, 15) is 13.6 Å². The second kappa shape index (κ2) is 7.71. The van der Waals surface area contributed by atoms with Crippen molar-refractivity contribution in [2.45, 2.75) is 32.2 Å². The largest absolute Gasteiger partial charge is 0.338 e. The minimum atomic E-state index is -0.673. The predicted octanol–water partition coefficient (Wildman–Crippen LogP) is 2.51. The zero-order valence-electron chi connectivity index (χ0n) is 12.0. The average molecular weight is 319 g/mol. The van der Waals surface area contributed by atoms with Crippen molar-refractivity contribution < 1.29 is 13.6 Å². The number of rotatable bonds is 3. The van der Waals surface area contributed by atoms with Gasteiger partial charge in [-0.3, -0.25) is 4.79 Å². The molecule has 1 aliphatic rings. The van der Waals surface area contributed by atoms with E-state index >= 15 is 0 Å². The summed E-state index contributed by atoms with van der Waals surface area (Å²) >= 11 is 0. The normalized spacial score (nSPS) is 21.8. The lowest BCUT2D eigenvalue weighted by Gasteiger charge is -2.38. The van der Waals surface area contributed by atoms with E-state index in [2.05, 4.69) is 6.92 Å². The van der Waals surface area contributed by atoms with Gasteiger partial charge in [0.15, 0.2) is 0 Å². The van der Waals surface area contributed by atoms with E-state index in [0.29, 0.717) is 19.0 Å². The van der Waals surface area contributed by atoms with Crippen LogP contribution in [0.15, 0.2) is 18.2 Å². The molecule has 0 saturated carbocycles. The SMILES string of the molecule is CC1CCN(C(=O)Cc2c(F)cccc2F)C(CN)C1.Cl. The van der Waals surface area contributed by atoms with Crippen molar-refractivity contribution in [3.8, 4) is 0 Å². The third kappa shape index (κ3) is 4.14. The number of hydrogen-bond acceptors (Lipinski definition) is 2. The molecule has 1 aliphatic heterocycles. The summed E-state index contributed by atoms with van der Waals surface area (Å²) in [6.07, 6.45) is 1.51. The zero-order valence-corrected chi connectivity index (χ0v) is 12.8. The molecule has 2 atom stereocenters. The Balaban J connectivity index is 0.00000220. The maximum Gasteiger partial charge on any atom is 0.227 e. The molecule has 2 N–H and O–H groups in total. The summed E-state index contributed by atoms with van der Waals surface area (Å²) in [5, 5.41) is 0. The van der Waals surface area contributed by atoms with Crippen molar-refractivity contribution in [3.05, 3.63) is 35.4 Å². The van der Waals surface area contributed by atoms with Crippen molar-refractivity contribution in [1.29, 1.82) is 0 Å². The second-order valence-electron chi connectivity index (χ2n) is 5.48. The van der Waals surface area contributed by atoms with Crippen LogP contribution in [-0.2, 0) is 11.2 Å². The summed E-state index contributed by atoms with van der Waals surface area (Å²) in [7, 11) is 0. The molecule has 1 saturated heterocycles. The Morgan fingerprint density at radius 2 is 2.00 bits per heavy atom. The fourth-order valence-corrected chi connectivity index (χ4v) is 2.76. The van der Waals surface area contributed by atoms with E-state index in [4.69, 9.17) is 5.73 Å². The molecule has 1 aromatic carbocycles. The third-order valence-electron chi connectivity index (χ3n) is 3.96. The molecular weight excluding hydrogens is 298 g/mol. The molecule has 0 bridgehead atoms. The van der Waals surface area contributed by atoms with Crippen molar-refractivity contribution >= 4 is 18.3 Å². The van der Waals surface area contributed by atoms with Crippen LogP contribution in [0.2, 0.25) is 0 Å². The minimum Gasteiger partial charge on any atom is -0.338 e. The first kappa shape index (κ1) is 17.9. The third-order valence-corrected chi connectivity index (χ3v) is 3.96. The van der Waals surface area contributed by atoms with Crippen LogP contribution in [0, 0.1) is 17.6 Å². The van der Waals surface area contributed by atoms with Gasteiger partial charge >= 0.3 is 0 Å². The van der Waals surface area contributed by atoms with Crippen LogP contribution in [0.4, 0.5) is 8.78 Å². The first-order valence-electron chi connectivity index (χ1n) is 6.95. The van der Waals surface area contributed by atoms with Gasteiger partial charge in [-0.2, -0.15) is 0 Å². The molecule has 0 aliphatic carbocycles. The van der Waals surface area contributed by atoms with Crippen LogP contribution in [-0.4, -0.2) is 29.9 Å². The van der Waals surface area contributed by atoms with E-state index in [1.807, 2.05) is 0 Å². The van der Waals surface area contributed by atoms with Crippen LogP contribution in [0.3, 0.4) is 0 Å². The molecular formula is C15H21ClF2N2O. The molecule has 1 aromatic rings. The molecule has 118 valence electrons. The lowest BCUT2D eigenvalue weighted by molar-refractivity contribution is -0.134. The Hall–Kier alpha value is -1.20. The zero-order chi connectivity index (χ0) is 14.7. The lowest BCUT2D eigenvalue weighted by Crippen LogP contribution is -2.49. The van der Waals surface area contributed by atoms with Gasteiger partial charge in [-0.15, -0.1) is 12.4 Å². The molecule has 3 nitrogen and oxygen atoms in total. The molecule has 0 aromatic heterocycles. The predicted molar refractivity (Wildman–Crippen MR) is 80.3 cm³/mol. The number of amides is 1. The topological polar surface area (TPSA) is 46.3 Å². The molecule has 1 amide bonds. The second-order valence-corrected chi connectivity index (χ2v) is 5.48. The molecule has 6 heteroatoms. The van der Waals surface area contributed by atoms with Gasteiger partial charge in [0.05, 0.1) is 6.42 Å². The minimum absolute atomic E-state index is 0. The Morgan fingerprint density at radius 3 is 2.57 bits per heavy atom. The molecule has 0 spiro atoms. The summed E-state index contributed by atoms with van der Waals surface area (Å²) < 4.78 is 27.2. The number of nitrogens with zero attached hydrogens (tertiary/aromatic N) is 1. The van der Waals surface area contributed by atoms with Gasteiger partial charge in [0.25, 0.3) is 0 Å². The van der Waals surface area contributed by atoms with Crippen molar-refractivity contribution in [2.24, 2.45) is 11.7 Å². The van der Waals surface area contributed by atoms with Gasteiger partial charge < -0.3 is 10.6 Å². The van der Waals surface area contributed by atoms with E-state index < -0.39 is 11.6 Å². The van der Waals surface area contributed by atoms with E-state index in [0.717, 1.165) is 12.8 Å². The highest BCUT2D eigenvalue weighted by Crippen LogP contribution is 2.23. The highest BCUT2D eigenvalue weighted by molar-refractivity contribution is 5.85. The summed E-state index contributed by atoms with van der Waals surface area (Å²) in [4.78, 5) is 14.0. The summed E-state index contributed by atoms with van der Waals surface area (Å²) in [5.41, 5.74) is 5.54. The maximum absolute atomic E-state index is 13.6. The summed E-state index contributed by atoms with van der Waals surface area (Å²) in [6.45, 7) is 3.12. The fraction of sp³-hybridized carbons (Fsp3) is 0.533. The summed E-state index contributed by atoms with van der Waals surface area (Å²) in [6, 6.07) is 3.61. The van der Waals surface area contributed by atoms with Crippen LogP contribution >= 0.6 is 12.4 Å². The number of nitrogens with two attached hydrogens (primary N) is 1. The van der Waals surface area contributed by atoms with E-state index in [1.165, 1.54) is 18.2 Å². The number of carbonyl (C=O) groups is 1. The van der Waals surface area contributed by atoms with Gasteiger partial charge in [0.2, 0.25) is 5.91 Å². The molecule has 0 radical (unpaired) electrons. The molecule has 21 heavy (non-hydrogen) atoms. The summed E-state index contributed by atoms with van der Waals surface area (Å²) in [5.74, 6) is -1.07. The van der Waals surface area contributed by atoms with Gasteiger partial charge in [0, 0.05) is 24.7 Å². The number of halogens is 3. The van der Waals surface area contributed by atoms with Gasteiger partial charge in [-0.05, 0) is 30.9 Å². The highest BCUT2D eigenvalue weighted by atomic mass is 35.5. The van der Waals surface area contributed by atoms with Crippen molar-refractivity contribution in [3.63, 3.8) is 0 Å². The number of benzene rings is 1. The number of likely N-dealkylation sites (tertiary alicyclic amines) is 1. The number of hydrogen-bond donors (Lipinski definition) is 1. The lowest BCUT2D eigenvalue weighted by atomic mass is 9.92. The highest BCUT2D eigenvalue weighted by Gasteiger charge is 2.29. The first-order valence-corrected chi connectivity index (χ1v) is 6.95. The standard InChI is InChI=1S/C15H20F2N2O.ClH/c1-10-5-6-19(11(7-10)9-18)15(20)8-12-13(16)3-2-4-14(12)17;/h2-4,10-11H,5-9,18H2,1H3;1H. The molecule has 2 unspecified atom stereocenters. The van der Waals surface area contributed by atoms with Crippen LogP contribution in [0.5, 0.6) is 0 Å². The first-order chi connectivity index (χ1) is 9.52. The van der Waals surface area contributed by atoms with E-state index in [1.54, 1.807) is 4.90 Å². The quantitative estimate of drug-likeness (QED) is 0.931. The maximum atomic E-state index is 13.6. The number of carbonyl (C=O) groups excluding carboxylic acids is 1. The molecule has 2 rings (SSSR count). The Morgan fingerprint density at radius 1 is 1.38 bits per heavy atom. The van der Waals surface area contributed by atoms with Gasteiger partial charge in [-0.25, -0.2) is 8.78 Å². The van der Waals surface area contributed by atoms with Gasteiger partial charge in [0.1, 0.15) is 11.6 Å².